The van der Waals surface area contributed by atoms with Crippen LogP contribution in [0.25, 0.3) is 11.0 Å². The van der Waals surface area contributed by atoms with Crippen LogP contribution in [-0.4, -0.2) is 24.5 Å². The Morgan fingerprint density at radius 1 is 1.10 bits per heavy atom. The average Bonchev–Trinajstić information content (AvgIpc) is 3.25. The predicted molar refractivity (Wildman–Crippen MR) is 118 cm³/mol. The van der Waals surface area contributed by atoms with Gasteiger partial charge in [-0.25, -0.2) is 4.79 Å². The van der Waals surface area contributed by atoms with Crippen molar-refractivity contribution >= 4 is 28.5 Å². The molecule has 2 aromatic carbocycles. The zero-order valence-corrected chi connectivity index (χ0v) is 17.3. The second-order valence-corrected chi connectivity index (χ2v) is 7.74. The Hall–Kier alpha value is -3.61. The van der Waals surface area contributed by atoms with Crippen LogP contribution in [0.4, 0.5) is 5.69 Å². The van der Waals surface area contributed by atoms with Crippen LogP contribution >= 0.6 is 0 Å². The van der Waals surface area contributed by atoms with Gasteiger partial charge < -0.3 is 19.8 Å². The van der Waals surface area contributed by atoms with Gasteiger partial charge in [0.1, 0.15) is 11.3 Å². The molecule has 1 saturated carbocycles. The molecular weight excluding hydrogens is 396 g/mol. The van der Waals surface area contributed by atoms with E-state index >= 15 is 0 Å². The van der Waals surface area contributed by atoms with Crippen molar-refractivity contribution in [1.29, 1.82) is 0 Å². The number of amides is 2. The Morgan fingerprint density at radius 3 is 2.68 bits per heavy atom. The second kappa shape index (κ2) is 9.04. The highest BCUT2D eigenvalue weighted by Gasteiger charge is 2.20. The van der Waals surface area contributed by atoms with Crippen LogP contribution in [0.2, 0.25) is 0 Å². The number of nitrogens with one attached hydrogen (secondary N) is 2. The third-order valence-corrected chi connectivity index (χ3v) is 5.43. The van der Waals surface area contributed by atoms with Crippen molar-refractivity contribution in [3.8, 4) is 5.75 Å². The minimum absolute atomic E-state index is 0.191. The smallest absolute Gasteiger partial charge is 0.336 e. The third-order valence-electron chi connectivity index (χ3n) is 5.43. The van der Waals surface area contributed by atoms with Crippen molar-refractivity contribution in [2.24, 2.45) is 0 Å². The van der Waals surface area contributed by atoms with Crippen LogP contribution in [0, 0.1) is 6.92 Å². The highest BCUT2D eigenvalue weighted by atomic mass is 16.5. The fourth-order valence-corrected chi connectivity index (χ4v) is 3.85. The first-order valence-corrected chi connectivity index (χ1v) is 10.4. The summed E-state index contributed by atoms with van der Waals surface area (Å²) in [7, 11) is 0. The van der Waals surface area contributed by atoms with Gasteiger partial charge in [0, 0.05) is 23.6 Å². The summed E-state index contributed by atoms with van der Waals surface area (Å²) in [4.78, 5) is 36.6. The quantitative estimate of drug-likeness (QED) is 0.592. The number of carbonyl (C=O) groups is 2. The maximum absolute atomic E-state index is 12.6. The molecule has 160 valence electrons. The number of hydrogen-bond donors (Lipinski definition) is 2. The van der Waals surface area contributed by atoms with Crippen molar-refractivity contribution in [3.05, 3.63) is 70.1 Å². The Morgan fingerprint density at radius 2 is 1.87 bits per heavy atom. The van der Waals surface area contributed by atoms with Gasteiger partial charge >= 0.3 is 5.63 Å². The number of fused-ring (bicyclic) bond motifs is 1. The molecule has 0 spiro atoms. The van der Waals surface area contributed by atoms with E-state index in [1.54, 1.807) is 42.5 Å². The number of anilines is 1. The van der Waals surface area contributed by atoms with Gasteiger partial charge in [-0.3, -0.25) is 9.59 Å². The maximum atomic E-state index is 12.6. The van der Waals surface area contributed by atoms with Gasteiger partial charge in [0.15, 0.2) is 6.61 Å². The van der Waals surface area contributed by atoms with Crippen LogP contribution in [-0.2, 0) is 4.79 Å². The first-order chi connectivity index (χ1) is 15.0. The monoisotopic (exact) mass is 420 g/mol. The lowest BCUT2D eigenvalue weighted by molar-refractivity contribution is -0.118. The molecule has 2 N–H and O–H groups in total. The van der Waals surface area contributed by atoms with Crippen LogP contribution in [0.3, 0.4) is 0 Å². The molecule has 31 heavy (non-hydrogen) atoms. The van der Waals surface area contributed by atoms with Crippen molar-refractivity contribution < 1.29 is 18.7 Å². The molecule has 1 aromatic heterocycles. The predicted octanol–water partition coefficient (Wildman–Crippen LogP) is 3.79. The first-order valence-electron chi connectivity index (χ1n) is 10.4. The van der Waals surface area contributed by atoms with E-state index < -0.39 is 11.5 Å². The van der Waals surface area contributed by atoms with Crippen LogP contribution < -0.4 is 21.0 Å². The van der Waals surface area contributed by atoms with Gasteiger partial charge in [-0.05, 0) is 49.6 Å². The molecule has 0 unspecified atom stereocenters. The Balaban J connectivity index is 1.41. The molecule has 0 radical (unpaired) electrons. The van der Waals surface area contributed by atoms with E-state index in [1.165, 1.54) is 6.07 Å². The molecule has 0 aliphatic heterocycles. The Labute approximate surface area is 179 Å². The van der Waals surface area contributed by atoms with E-state index in [0.29, 0.717) is 22.6 Å². The van der Waals surface area contributed by atoms with Gasteiger partial charge in [0.05, 0.1) is 11.3 Å². The molecule has 1 heterocycles. The summed E-state index contributed by atoms with van der Waals surface area (Å²) in [5.74, 6) is -0.181. The number of carbonyl (C=O) groups excluding carboxylic acids is 2. The van der Waals surface area contributed by atoms with Gasteiger partial charge in [-0.2, -0.15) is 0 Å². The van der Waals surface area contributed by atoms with Crippen LogP contribution in [0.5, 0.6) is 5.75 Å². The minimum Gasteiger partial charge on any atom is -0.484 e. The van der Waals surface area contributed by atoms with Crippen molar-refractivity contribution in [3.63, 3.8) is 0 Å². The zero-order valence-electron chi connectivity index (χ0n) is 17.3. The summed E-state index contributed by atoms with van der Waals surface area (Å²) in [6, 6.07) is 13.6. The topological polar surface area (TPSA) is 97.6 Å². The average molecular weight is 420 g/mol. The Kier molecular flexibility index (Phi) is 6.02. The molecule has 0 saturated heterocycles. The molecule has 0 atom stereocenters. The lowest BCUT2D eigenvalue weighted by Crippen LogP contribution is -2.33. The first kappa shape index (κ1) is 20.7. The Bertz CT molecular complexity index is 1180. The van der Waals surface area contributed by atoms with E-state index in [4.69, 9.17) is 9.15 Å². The van der Waals surface area contributed by atoms with Crippen molar-refractivity contribution in [2.75, 3.05) is 11.9 Å². The maximum Gasteiger partial charge on any atom is 0.336 e. The van der Waals surface area contributed by atoms with Gasteiger partial charge in [0.2, 0.25) is 0 Å². The largest absolute Gasteiger partial charge is 0.484 e. The summed E-state index contributed by atoms with van der Waals surface area (Å²) in [5.41, 5.74) is 1.63. The fraction of sp³-hybridized carbons (Fsp3) is 0.292. The molecule has 4 rings (SSSR count). The van der Waals surface area contributed by atoms with Crippen LogP contribution in [0.15, 0.2) is 57.7 Å². The number of aryl methyl sites for hydroxylation is 1. The summed E-state index contributed by atoms with van der Waals surface area (Å²) in [5, 5.41) is 6.58. The van der Waals surface area contributed by atoms with Crippen LogP contribution in [0.1, 0.15) is 41.6 Å². The third kappa shape index (κ3) is 4.94. The number of benzene rings is 2. The zero-order chi connectivity index (χ0) is 21.8. The van der Waals surface area contributed by atoms with Gasteiger partial charge in [0.25, 0.3) is 11.8 Å². The summed E-state index contributed by atoms with van der Waals surface area (Å²) < 4.78 is 10.8. The van der Waals surface area contributed by atoms with Gasteiger partial charge in [-0.1, -0.05) is 25.0 Å². The van der Waals surface area contributed by atoms with E-state index in [1.807, 2.05) is 6.92 Å². The van der Waals surface area contributed by atoms with Crippen molar-refractivity contribution in [2.45, 2.75) is 38.6 Å². The normalized spacial score (nSPS) is 13.8. The summed E-state index contributed by atoms with van der Waals surface area (Å²) in [6.45, 7) is 1.58. The number of para-hydroxylation sites is 1. The van der Waals surface area contributed by atoms with Crippen molar-refractivity contribution in [1.82, 2.24) is 5.32 Å². The molecule has 7 nitrogen and oxygen atoms in total. The minimum atomic E-state index is -0.438. The van der Waals surface area contributed by atoms with E-state index in [2.05, 4.69) is 10.6 Å². The molecule has 1 aliphatic rings. The molecule has 1 fully saturated rings. The molecule has 3 aromatic rings. The summed E-state index contributed by atoms with van der Waals surface area (Å²) in [6.07, 6.45) is 4.22. The lowest BCUT2D eigenvalue weighted by atomic mass is 10.1. The standard InChI is InChI=1S/C24H24N2O5/c1-15-12-23(28)31-21-13-17(10-11-18(15)21)30-14-22(27)26-20-9-5-4-8-19(20)24(29)25-16-6-2-3-7-16/h4-5,8-13,16H,2-3,6-7,14H2,1H3,(H,25,29)(H,26,27). The lowest BCUT2D eigenvalue weighted by Gasteiger charge is -2.15. The highest BCUT2D eigenvalue weighted by molar-refractivity contribution is 6.04. The molecule has 0 bridgehead atoms. The fourth-order valence-electron chi connectivity index (χ4n) is 3.85. The molecule has 1 aliphatic carbocycles. The van der Waals surface area contributed by atoms with Gasteiger partial charge in [-0.15, -0.1) is 0 Å². The molecule has 2 amide bonds. The highest BCUT2D eigenvalue weighted by Crippen LogP contribution is 2.23. The number of ether oxygens (including phenoxy) is 1. The molecular formula is C24H24N2O5. The number of hydrogen-bond acceptors (Lipinski definition) is 5. The van der Waals surface area contributed by atoms with E-state index in [0.717, 1.165) is 36.6 Å². The van der Waals surface area contributed by atoms with E-state index in [9.17, 15) is 14.4 Å². The summed E-state index contributed by atoms with van der Waals surface area (Å²) >= 11 is 0. The second-order valence-electron chi connectivity index (χ2n) is 7.74. The molecule has 7 heteroatoms. The number of rotatable bonds is 6. The van der Waals surface area contributed by atoms with E-state index in [-0.39, 0.29) is 18.6 Å². The SMILES string of the molecule is Cc1cc(=O)oc2cc(OCC(=O)Nc3ccccc3C(=O)NC3CCCC3)ccc12.